The van der Waals surface area contributed by atoms with Crippen LogP contribution in [0.4, 0.5) is 17.6 Å². The van der Waals surface area contributed by atoms with Crippen LogP contribution in [-0.2, 0) is 20.4 Å². The van der Waals surface area contributed by atoms with Crippen LogP contribution in [0, 0.1) is 11.8 Å². The second-order valence-electron chi connectivity index (χ2n) is 8.91. The van der Waals surface area contributed by atoms with Gasteiger partial charge in [-0.3, -0.25) is 0 Å². The Morgan fingerprint density at radius 2 is 2.03 bits per heavy atom. The number of ether oxygens (including phenoxy) is 4. The zero-order valence-electron chi connectivity index (χ0n) is 17.8. The maximum Gasteiger partial charge on any atom is 0.416 e. The highest BCUT2D eigenvalue weighted by atomic mass is 19.4. The molecule has 3 fully saturated rings. The van der Waals surface area contributed by atoms with Gasteiger partial charge < -0.3 is 24.1 Å². The van der Waals surface area contributed by atoms with Gasteiger partial charge in [0.1, 0.15) is 18.5 Å². The van der Waals surface area contributed by atoms with Crippen molar-refractivity contribution in [3.63, 3.8) is 0 Å². The molecule has 9 heteroatoms. The topological polar surface area (TPSA) is 57.2 Å². The second kappa shape index (κ2) is 10.2. The zero-order chi connectivity index (χ0) is 22.7. The Morgan fingerprint density at radius 1 is 1.19 bits per heavy atom. The standard InChI is InChI=1S/C23H30F4O5/c24-15(13-30-16-5-3-4-14(10-16)23(25,26)27)7-8-17-18-11-21(28)31-20(18)12-19(17)32-22-6-1-2-9-29-22/h3-5,10,15,17-22,28H,1-2,6-9,11-13H2. The molecule has 0 radical (unpaired) electrons. The first-order valence-electron chi connectivity index (χ1n) is 11.3. The van der Waals surface area contributed by atoms with Crippen molar-refractivity contribution in [3.05, 3.63) is 29.8 Å². The van der Waals surface area contributed by atoms with Crippen molar-refractivity contribution in [2.24, 2.45) is 11.8 Å². The van der Waals surface area contributed by atoms with Gasteiger partial charge in [0, 0.05) is 19.4 Å². The van der Waals surface area contributed by atoms with Gasteiger partial charge in [-0.2, -0.15) is 13.2 Å². The molecule has 32 heavy (non-hydrogen) atoms. The van der Waals surface area contributed by atoms with E-state index in [4.69, 9.17) is 18.9 Å². The van der Waals surface area contributed by atoms with Crippen LogP contribution in [0.3, 0.4) is 0 Å². The lowest BCUT2D eigenvalue weighted by Gasteiger charge is -2.30. The third-order valence-corrected chi connectivity index (χ3v) is 6.65. The Bertz CT molecular complexity index is 739. The Balaban J connectivity index is 1.30. The molecular weight excluding hydrogens is 432 g/mol. The average molecular weight is 462 g/mol. The van der Waals surface area contributed by atoms with Crippen molar-refractivity contribution in [2.75, 3.05) is 13.2 Å². The molecule has 2 saturated heterocycles. The molecule has 0 spiro atoms. The van der Waals surface area contributed by atoms with Crippen LogP contribution in [0.5, 0.6) is 5.75 Å². The van der Waals surface area contributed by atoms with E-state index < -0.39 is 24.2 Å². The first-order chi connectivity index (χ1) is 15.3. The molecule has 0 aromatic heterocycles. The molecule has 5 nitrogen and oxygen atoms in total. The summed E-state index contributed by atoms with van der Waals surface area (Å²) in [5.41, 5.74) is -0.827. The van der Waals surface area contributed by atoms with Crippen molar-refractivity contribution < 1.29 is 41.6 Å². The van der Waals surface area contributed by atoms with E-state index in [9.17, 15) is 22.7 Å². The number of halogens is 4. The van der Waals surface area contributed by atoms with Crippen molar-refractivity contribution in [3.8, 4) is 5.75 Å². The molecule has 1 saturated carbocycles. The number of aliphatic hydroxyl groups excluding tert-OH is 1. The molecule has 7 atom stereocenters. The minimum absolute atomic E-state index is 0.00798. The van der Waals surface area contributed by atoms with Gasteiger partial charge in [-0.25, -0.2) is 4.39 Å². The zero-order valence-corrected chi connectivity index (χ0v) is 17.8. The fraction of sp³-hybridized carbons (Fsp3) is 0.739. The van der Waals surface area contributed by atoms with E-state index in [1.807, 2.05) is 0 Å². The molecule has 1 aromatic carbocycles. The second-order valence-corrected chi connectivity index (χ2v) is 8.91. The lowest BCUT2D eigenvalue weighted by molar-refractivity contribution is -0.200. The van der Waals surface area contributed by atoms with E-state index in [1.165, 1.54) is 12.1 Å². The summed E-state index contributed by atoms with van der Waals surface area (Å²) in [5, 5.41) is 9.87. The van der Waals surface area contributed by atoms with Crippen LogP contribution in [0.15, 0.2) is 24.3 Å². The molecule has 2 heterocycles. The number of hydrogen-bond donors (Lipinski definition) is 1. The van der Waals surface area contributed by atoms with Crippen molar-refractivity contribution in [2.45, 2.75) is 82.1 Å². The first-order valence-corrected chi connectivity index (χ1v) is 11.3. The quantitative estimate of drug-likeness (QED) is 0.560. The van der Waals surface area contributed by atoms with Crippen LogP contribution in [-0.4, -0.2) is 49.3 Å². The largest absolute Gasteiger partial charge is 0.491 e. The molecular formula is C23H30F4O5. The smallest absolute Gasteiger partial charge is 0.416 e. The van der Waals surface area contributed by atoms with Crippen molar-refractivity contribution in [1.82, 2.24) is 0 Å². The number of alkyl halides is 4. The molecule has 3 aliphatic rings. The van der Waals surface area contributed by atoms with Gasteiger partial charge in [0.25, 0.3) is 0 Å². The van der Waals surface area contributed by atoms with E-state index in [0.717, 1.165) is 31.4 Å². The molecule has 2 aliphatic heterocycles. The number of aliphatic hydroxyl groups is 1. The first kappa shape index (κ1) is 23.7. The Kier molecular flexibility index (Phi) is 7.59. The average Bonchev–Trinajstić information content (AvgIpc) is 3.26. The number of benzene rings is 1. The van der Waals surface area contributed by atoms with Crippen LogP contribution in [0.2, 0.25) is 0 Å². The SMILES string of the molecule is OC1CC2C(CC(OC3CCCCO3)C2CCC(F)COc2cccc(C(F)(F)F)c2)O1. The van der Waals surface area contributed by atoms with Crippen LogP contribution in [0.1, 0.15) is 50.5 Å². The highest BCUT2D eigenvalue weighted by Crippen LogP contribution is 2.47. The molecule has 1 aromatic rings. The predicted molar refractivity (Wildman–Crippen MR) is 107 cm³/mol. The van der Waals surface area contributed by atoms with Gasteiger partial charge in [0.2, 0.25) is 0 Å². The van der Waals surface area contributed by atoms with Crippen LogP contribution < -0.4 is 4.74 Å². The molecule has 0 bridgehead atoms. The van der Waals surface area contributed by atoms with E-state index in [-0.39, 0.29) is 49.1 Å². The summed E-state index contributed by atoms with van der Waals surface area (Å²) in [5.74, 6) is 0.107. The highest BCUT2D eigenvalue weighted by Gasteiger charge is 2.50. The molecule has 1 aliphatic carbocycles. The van der Waals surface area contributed by atoms with Gasteiger partial charge >= 0.3 is 6.18 Å². The minimum atomic E-state index is -4.47. The number of hydrogen-bond acceptors (Lipinski definition) is 5. The predicted octanol–water partition coefficient (Wildman–Crippen LogP) is 4.86. The molecule has 180 valence electrons. The highest BCUT2D eigenvalue weighted by molar-refractivity contribution is 5.30. The van der Waals surface area contributed by atoms with Gasteiger partial charge in [-0.1, -0.05) is 6.07 Å². The Labute approximate surface area is 185 Å². The molecule has 4 rings (SSSR count). The van der Waals surface area contributed by atoms with E-state index >= 15 is 0 Å². The normalized spacial score (nSPS) is 33.8. The summed E-state index contributed by atoms with van der Waals surface area (Å²) in [6.45, 7) is 0.349. The fourth-order valence-electron chi connectivity index (χ4n) is 5.08. The van der Waals surface area contributed by atoms with Crippen molar-refractivity contribution >= 4 is 0 Å². The summed E-state index contributed by atoms with van der Waals surface area (Å²) < 4.78 is 75.8. The van der Waals surface area contributed by atoms with Gasteiger partial charge in [0.05, 0.1) is 17.8 Å². The monoisotopic (exact) mass is 462 g/mol. The number of rotatable bonds is 8. The van der Waals surface area contributed by atoms with E-state index in [1.54, 1.807) is 0 Å². The van der Waals surface area contributed by atoms with Gasteiger partial charge in [0.15, 0.2) is 12.6 Å². The summed E-state index contributed by atoms with van der Waals surface area (Å²) in [7, 11) is 0. The molecule has 7 unspecified atom stereocenters. The van der Waals surface area contributed by atoms with Crippen LogP contribution >= 0.6 is 0 Å². The summed E-state index contributed by atoms with van der Waals surface area (Å²) >= 11 is 0. The number of fused-ring (bicyclic) bond motifs is 1. The van der Waals surface area contributed by atoms with Gasteiger partial charge in [-0.05, 0) is 62.1 Å². The minimum Gasteiger partial charge on any atom is -0.491 e. The maximum atomic E-state index is 14.6. The molecule has 1 N–H and O–H groups in total. The summed E-state index contributed by atoms with van der Waals surface area (Å²) in [4.78, 5) is 0. The molecule has 0 amide bonds. The third kappa shape index (κ3) is 5.92. The van der Waals surface area contributed by atoms with Crippen molar-refractivity contribution in [1.29, 1.82) is 0 Å². The van der Waals surface area contributed by atoms with E-state index in [0.29, 0.717) is 25.9 Å². The van der Waals surface area contributed by atoms with Crippen LogP contribution in [0.25, 0.3) is 0 Å². The van der Waals surface area contributed by atoms with Gasteiger partial charge in [-0.15, -0.1) is 0 Å². The summed E-state index contributed by atoms with van der Waals surface area (Å²) in [6.07, 6.45) is -2.36. The maximum absolute atomic E-state index is 14.6. The Morgan fingerprint density at radius 3 is 2.78 bits per heavy atom. The lowest BCUT2D eigenvalue weighted by Crippen LogP contribution is -2.32. The lowest BCUT2D eigenvalue weighted by atomic mass is 9.87. The third-order valence-electron chi connectivity index (χ3n) is 6.65. The fourth-order valence-corrected chi connectivity index (χ4v) is 5.08. The van der Waals surface area contributed by atoms with E-state index in [2.05, 4.69) is 0 Å². The summed E-state index contributed by atoms with van der Waals surface area (Å²) in [6, 6.07) is 4.45. The Hall–Kier alpha value is -1.42.